The molecule has 13 heteroatoms. The number of hydrogen-bond acceptors (Lipinski definition) is 5. The molecule has 1 fully saturated rings. The Morgan fingerprint density at radius 3 is 2.61 bits per heavy atom. The fourth-order valence-corrected chi connectivity index (χ4v) is 3.68. The van der Waals surface area contributed by atoms with E-state index in [4.69, 9.17) is 9.47 Å². The molecular formula is C23H20F6N4O3. The largest absolute Gasteiger partial charge is 0.419 e. The number of halogens is 6. The number of rotatable bonds is 8. The highest BCUT2D eigenvalue weighted by Crippen LogP contribution is 2.33. The van der Waals surface area contributed by atoms with Gasteiger partial charge in [0.2, 0.25) is 5.91 Å². The molecule has 7 nitrogen and oxygen atoms in total. The number of anilines is 1. The molecule has 4 rings (SSSR count). The molecule has 192 valence electrons. The second-order valence-electron chi connectivity index (χ2n) is 8.04. The Morgan fingerprint density at radius 2 is 1.94 bits per heavy atom. The van der Waals surface area contributed by atoms with Crippen LogP contribution in [0.3, 0.4) is 0 Å². The third-order valence-corrected chi connectivity index (χ3v) is 5.42. The Kier molecular flexibility index (Phi) is 7.59. The topological polar surface area (TPSA) is 78.3 Å². The zero-order valence-electron chi connectivity index (χ0n) is 18.6. The van der Waals surface area contributed by atoms with Crippen molar-refractivity contribution in [3.8, 4) is 11.3 Å². The molecule has 3 aromatic rings. The van der Waals surface area contributed by atoms with Crippen molar-refractivity contribution in [2.24, 2.45) is 0 Å². The van der Waals surface area contributed by atoms with Gasteiger partial charge in [0.1, 0.15) is 23.1 Å². The number of aromatic nitrogens is 3. The molecule has 0 radical (unpaired) electrons. The van der Waals surface area contributed by atoms with E-state index in [0.717, 1.165) is 30.7 Å². The summed E-state index contributed by atoms with van der Waals surface area (Å²) in [6, 6.07) is 4.17. The predicted molar refractivity (Wildman–Crippen MR) is 114 cm³/mol. The van der Waals surface area contributed by atoms with Crippen LogP contribution in [-0.4, -0.2) is 46.8 Å². The number of ether oxygens (including phenoxy) is 2. The zero-order chi connectivity index (χ0) is 25.9. The van der Waals surface area contributed by atoms with E-state index in [9.17, 15) is 31.1 Å². The molecule has 0 aliphatic carbocycles. The predicted octanol–water partition coefficient (Wildman–Crippen LogP) is 4.37. The van der Waals surface area contributed by atoms with Gasteiger partial charge in [0.25, 0.3) is 0 Å². The highest BCUT2D eigenvalue weighted by atomic mass is 19.4. The highest BCUT2D eigenvalue weighted by molar-refractivity contribution is 5.92. The first-order chi connectivity index (χ1) is 17.1. The number of carbonyl (C=O) groups excluding carboxylic acids is 1. The summed E-state index contributed by atoms with van der Waals surface area (Å²) >= 11 is 0. The number of nitrogens with zero attached hydrogens (tertiary/aromatic N) is 3. The lowest BCUT2D eigenvalue weighted by atomic mass is 10.1. The molecule has 1 saturated heterocycles. The highest BCUT2D eigenvalue weighted by Gasteiger charge is 2.35. The van der Waals surface area contributed by atoms with Gasteiger partial charge < -0.3 is 14.8 Å². The van der Waals surface area contributed by atoms with Crippen LogP contribution >= 0.6 is 0 Å². The van der Waals surface area contributed by atoms with Crippen LogP contribution in [0.4, 0.5) is 32.0 Å². The molecule has 36 heavy (non-hydrogen) atoms. The minimum atomic E-state index is -4.93. The molecule has 1 N–H and O–H groups in total. The van der Waals surface area contributed by atoms with E-state index in [-0.39, 0.29) is 17.5 Å². The van der Waals surface area contributed by atoms with Gasteiger partial charge in [-0.3, -0.25) is 4.79 Å². The van der Waals surface area contributed by atoms with Crippen LogP contribution in [0.15, 0.2) is 36.5 Å². The summed E-state index contributed by atoms with van der Waals surface area (Å²) in [7, 11) is 0. The standard InChI is InChI=1S/C23H20F6N4O3/c24-17-9-14(30-20(34)8-13-2-1-3-16(22(13)26)23(27,28)29)10-18(25)21(17)19-11-33(32-31-19)5-7-36-15-4-6-35-12-15/h1-3,9-11,15H,4-8,12H2,(H,30,34). The summed E-state index contributed by atoms with van der Waals surface area (Å²) in [6.45, 7) is 1.75. The molecule has 1 aliphatic rings. The summed E-state index contributed by atoms with van der Waals surface area (Å²) in [6.07, 6.45) is -3.58. The van der Waals surface area contributed by atoms with Crippen LogP contribution in [-0.2, 0) is 33.4 Å². The number of benzene rings is 2. The van der Waals surface area contributed by atoms with Crippen molar-refractivity contribution < 1.29 is 40.6 Å². The number of nitrogens with one attached hydrogen (secondary N) is 1. The van der Waals surface area contributed by atoms with Crippen molar-refractivity contribution >= 4 is 11.6 Å². The van der Waals surface area contributed by atoms with Crippen LogP contribution in [0.25, 0.3) is 11.3 Å². The average Bonchev–Trinajstić information content (AvgIpc) is 3.46. The Labute approximate surface area is 201 Å². The molecular weight excluding hydrogens is 494 g/mol. The molecule has 1 aliphatic heterocycles. The maximum absolute atomic E-state index is 14.7. The molecule has 2 heterocycles. The summed E-state index contributed by atoms with van der Waals surface area (Å²) < 4.78 is 94.3. The SMILES string of the molecule is O=C(Cc1cccc(C(F)(F)F)c1F)Nc1cc(F)c(-c2cn(CCOC3CCOC3)nn2)c(F)c1. The molecule has 1 atom stereocenters. The summed E-state index contributed by atoms with van der Waals surface area (Å²) in [5, 5.41) is 9.76. The van der Waals surface area contributed by atoms with Gasteiger partial charge in [-0.05, 0) is 30.2 Å². The first kappa shape index (κ1) is 25.6. The van der Waals surface area contributed by atoms with Crippen molar-refractivity contribution in [1.29, 1.82) is 0 Å². The van der Waals surface area contributed by atoms with Gasteiger partial charge in [0, 0.05) is 12.3 Å². The lowest BCUT2D eigenvalue weighted by Crippen LogP contribution is -2.17. The van der Waals surface area contributed by atoms with Gasteiger partial charge >= 0.3 is 6.18 Å². The van der Waals surface area contributed by atoms with Gasteiger partial charge in [-0.25, -0.2) is 17.9 Å². The van der Waals surface area contributed by atoms with E-state index in [1.165, 1.54) is 10.9 Å². The van der Waals surface area contributed by atoms with Gasteiger partial charge in [-0.2, -0.15) is 13.2 Å². The van der Waals surface area contributed by atoms with Crippen LogP contribution in [0.2, 0.25) is 0 Å². The fraction of sp³-hybridized carbons (Fsp3) is 0.348. The van der Waals surface area contributed by atoms with E-state index in [0.29, 0.717) is 32.4 Å². The Balaban J connectivity index is 1.41. The third kappa shape index (κ3) is 6.02. The van der Waals surface area contributed by atoms with E-state index in [1.807, 2.05) is 0 Å². The minimum absolute atomic E-state index is 0.00397. The van der Waals surface area contributed by atoms with E-state index in [1.54, 1.807) is 0 Å². The van der Waals surface area contributed by atoms with Crippen LogP contribution in [0, 0.1) is 17.5 Å². The van der Waals surface area contributed by atoms with Gasteiger partial charge in [0.15, 0.2) is 0 Å². The third-order valence-electron chi connectivity index (χ3n) is 5.42. The van der Waals surface area contributed by atoms with Crippen molar-refractivity contribution in [3.05, 3.63) is 65.1 Å². The molecule has 0 saturated carbocycles. The number of alkyl halides is 3. The second kappa shape index (κ2) is 10.7. The zero-order valence-corrected chi connectivity index (χ0v) is 18.6. The van der Waals surface area contributed by atoms with Crippen molar-refractivity contribution in [2.75, 3.05) is 25.1 Å². The normalized spacial score (nSPS) is 15.9. The lowest BCUT2D eigenvalue weighted by molar-refractivity contribution is -0.140. The first-order valence-electron chi connectivity index (χ1n) is 10.8. The number of carbonyl (C=O) groups is 1. The van der Waals surface area contributed by atoms with Crippen molar-refractivity contribution in [3.63, 3.8) is 0 Å². The quantitative estimate of drug-likeness (QED) is 0.452. The summed E-state index contributed by atoms with van der Waals surface area (Å²) in [5.41, 5.74) is -2.89. The Morgan fingerprint density at radius 1 is 1.19 bits per heavy atom. The molecule has 0 spiro atoms. The first-order valence-corrected chi connectivity index (χ1v) is 10.8. The van der Waals surface area contributed by atoms with Gasteiger partial charge in [-0.15, -0.1) is 5.10 Å². The van der Waals surface area contributed by atoms with Crippen molar-refractivity contribution in [1.82, 2.24) is 15.0 Å². The van der Waals surface area contributed by atoms with E-state index < -0.39 is 52.6 Å². The van der Waals surface area contributed by atoms with Crippen molar-refractivity contribution in [2.45, 2.75) is 31.7 Å². The Bertz CT molecular complexity index is 1220. The minimum Gasteiger partial charge on any atom is -0.379 e. The van der Waals surface area contributed by atoms with Gasteiger partial charge in [-0.1, -0.05) is 17.3 Å². The smallest absolute Gasteiger partial charge is 0.379 e. The molecule has 0 bridgehead atoms. The summed E-state index contributed by atoms with van der Waals surface area (Å²) in [4.78, 5) is 12.2. The molecule has 1 amide bonds. The maximum Gasteiger partial charge on any atom is 0.419 e. The number of amides is 1. The summed E-state index contributed by atoms with van der Waals surface area (Å²) in [5.74, 6) is -4.65. The van der Waals surface area contributed by atoms with Crippen LogP contribution in [0.5, 0.6) is 0 Å². The maximum atomic E-state index is 14.7. The monoisotopic (exact) mass is 514 g/mol. The van der Waals surface area contributed by atoms with E-state index in [2.05, 4.69) is 15.6 Å². The average molecular weight is 514 g/mol. The number of hydrogen-bond donors (Lipinski definition) is 1. The molecule has 2 aromatic carbocycles. The van der Waals surface area contributed by atoms with Crippen LogP contribution < -0.4 is 5.32 Å². The Hall–Kier alpha value is -3.45. The van der Waals surface area contributed by atoms with Gasteiger partial charge in [0.05, 0.1) is 49.6 Å². The van der Waals surface area contributed by atoms with E-state index >= 15 is 0 Å². The lowest BCUT2D eigenvalue weighted by Gasteiger charge is -2.12. The molecule has 1 aromatic heterocycles. The second-order valence-corrected chi connectivity index (χ2v) is 8.04. The molecule has 1 unspecified atom stereocenters. The fourth-order valence-electron chi connectivity index (χ4n) is 3.68. The van der Waals surface area contributed by atoms with Crippen LogP contribution in [0.1, 0.15) is 17.5 Å².